The number of anilines is 1. The van der Waals surface area contributed by atoms with Crippen molar-refractivity contribution >= 4 is 29.1 Å². The molecule has 6 nitrogen and oxygen atoms in total. The number of hydrogen-bond acceptors (Lipinski definition) is 4. The van der Waals surface area contributed by atoms with Crippen LogP contribution in [0, 0.1) is 5.92 Å². The molecule has 27 heavy (non-hydrogen) atoms. The van der Waals surface area contributed by atoms with E-state index in [1.165, 1.54) is 0 Å². The zero-order chi connectivity index (χ0) is 19.1. The van der Waals surface area contributed by atoms with Crippen molar-refractivity contribution in [3.8, 4) is 5.75 Å². The Bertz CT molecular complexity index is 661. The molecule has 2 heterocycles. The highest BCUT2D eigenvalue weighted by molar-refractivity contribution is 6.31. The predicted octanol–water partition coefficient (Wildman–Crippen LogP) is 3.53. The van der Waals surface area contributed by atoms with Gasteiger partial charge >= 0.3 is 0 Å². The normalized spacial score (nSPS) is 23.2. The second-order valence-corrected chi connectivity index (χ2v) is 7.61. The third-order valence-electron chi connectivity index (χ3n) is 5.00. The highest BCUT2D eigenvalue weighted by atomic mass is 35.5. The molecule has 0 saturated carbocycles. The van der Waals surface area contributed by atoms with Crippen LogP contribution in [-0.2, 0) is 14.3 Å². The molecular formula is C20H27ClN2O4. The van der Waals surface area contributed by atoms with Gasteiger partial charge < -0.3 is 20.1 Å². The average molecular weight is 395 g/mol. The maximum atomic E-state index is 12.5. The van der Waals surface area contributed by atoms with Gasteiger partial charge in [0.15, 0.2) is 0 Å². The number of halogens is 1. The summed E-state index contributed by atoms with van der Waals surface area (Å²) in [6, 6.07) is 5.15. The summed E-state index contributed by atoms with van der Waals surface area (Å²) in [5.74, 6) is 0.0247. The number of ether oxygens (including phenoxy) is 2. The number of benzene rings is 1. The lowest BCUT2D eigenvalue weighted by atomic mass is 9.98. The Morgan fingerprint density at radius 3 is 2.93 bits per heavy atom. The van der Waals surface area contributed by atoms with Gasteiger partial charge in [0.1, 0.15) is 12.4 Å². The van der Waals surface area contributed by atoms with E-state index in [1.54, 1.807) is 18.2 Å². The molecule has 2 aliphatic rings. The minimum Gasteiger partial charge on any atom is -0.489 e. The first-order valence-electron chi connectivity index (χ1n) is 9.73. The van der Waals surface area contributed by atoms with Crippen LogP contribution in [0.3, 0.4) is 0 Å². The van der Waals surface area contributed by atoms with E-state index < -0.39 is 0 Å². The molecular weight excluding hydrogens is 368 g/mol. The highest BCUT2D eigenvalue weighted by Gasteiger charge is 2.24. The second kappa shape index (κ2) is 9.95. The molecule has 2 unspecified atom stereocenters. The van der Waals surface area contributed by atoms with E-state index in [4.69, 9.17) is 21.1 Å². The van der Waals surface area contributed by atoms with Crippen LogP contribution in [0.1, 0.15) is 44.9 Å². The highest BCUT2D eigenvalue weighted by Crippen LogP contribution is 2.29. The molecule has 2 fully saturated rings. The quantitative estimate of drug-likeness (QED) is 0.773. The molecule has 7 heteroatoms. The van der Waals surface area contributed by atoms with Gasteiger partial charge in [-0.25, -0.2) is 0 Å². The fraction of sp³-hybridized carbons (Fsp3) is 0.600. The lowest BCUT2D eigenvalue weighted by Crippen LogP contribution is -2.31. The number of carbonyl (C=O) groups excluding carboxylic acids is 2. The minimum atomic E-state index is -0.285. The van der Waals surface area contributed by atoms with Crippen LogP contribution in [0.5, 0.6) is 5.75 Å². The van der Waals surface area contributed by atoms with E-state index >= 15 is 0 Å². The van der Waals surface area contributed by atoms with Crippen LogP contribution in [-0.4, -0.2) is 37.7 Å². The predicted molar refractivity (Wildman–Crippen MR) is 104 cm³/mol. The zero-order valence-corrected chi connectivity index (χ0v) is 16.2. The van der Waals surface area contributed by atoms with Crippen LogP contribution < -0.4 is 15.4 Å². The first-order chi connectivity index (χ1) is 13.1. The maximum Gasteiger partial charge on any atom is 0.225 e. The summed E-state index contributed by atoms with van der Waals surface area (Å²) in [6.45, 7) is 1.89. The SMILES string of the molecule is O=C(CC1CCCCNC1=O)Nc1cc(Cl)ccc1OCC1CCCCO1. The summed E-state index contributed by atoms with van der Waals surface area (Å²) in [6.07, 6.45) is 6.08. The van der Waals surface area contributed by atoms with Crippen molar-refractivity contribution in [3.05, 3.63) is 23.2 Å². The standard InChI is InChI=1S/C20H27ClN2O4/c21-15-7-8-18(27-13-16-6-2-4-10-26-16)17(12-15)23-19(24)11-14-5-1-3-9-22-20(14)25/h7-8,12,14,16H,1-6,9-11,13H2,(H,22,25)(H,23,24). The third-order valence-corrected chi connectivity index (χ3v) is 5.23. The third kappa shape index (κ3) is 6.11. The van der Waals surface area contributed by atoms with Crippen molar-refractivity contribution in [2.45, 2.75) is 51.0 Å². The fourth-order valence-electron chi connectivity index (χ4n) is 3.47. The van der Waals surface area contributed by atoms with Gasteiger partial charge in [-0.3, -0.25) is 9.59 Å². The van der Waals surface area contributed by atoms with Gasteiger partial charge in [-0.1, -0.05) is 18.0 Å². The molecule has 2 atom stereocenters. The van der Waals surface area contributed by atoms with Gasteiger partial charge in [0.2, 0.25) is 11.8 Å². The molecule has 0 bridgehead atoms. The second-order valence-electron chi connectivity index (χ2n) is 7.18. The summed E-state index contributed by atoms with van der Waals surface area (Å²) < 4.78 is 11.6. The van der Waals surface area contributed by atoms with Gasteiger partial charge in [-0.05, 0) is 50.3 Å². The molecule has 2 saturated heterocycles. The number of rotatable bonds is 6. The summed E-state index contributed by atoms with van der Waals surface area (Å²) in [7, 11) is 0. The van der Waals surface area contributed by atoms with Crippen molar-refractivity contribution < 1.29 is 19.1 Å². The molecule has 148 valence electrons. The Hall–Kier alpha value is -1.79. The van der Waals surface area contributed by atoms with E-state index in [0.29, 0.717) is 29.6 Å². The lowest BCUT2D eigenvalue weighted by molar-refractivity contribution is -0.128. The Morgan fingerprint density at radius 1 is 1.26 bits per heavy atom. The molecule has 2 aliphatic heterocycles. The van der Waals surface area contributed by atoms with Crippen LogP contribution in [0.4, 0.5) is 5.69 Å². The van der Waals surface area contributed by atoms with E-state index in [9.17, 15) is 9.59 Å². The smallest absolute Gasteiger partial charge is 0.225 e. The monoisotopic (exact) mass is 394 g/mol. The van der Waals surface area contributed by atoms with Gasteiger partial charge in [-0.2, -0.15) is 0 Å². The van der Waals surface area contributed by atoms with Crippen molar-refractivity contribution in [1.82, 2.24) is 5.32 Å². The molecule has 0 radical (unpaired) electrons. The summed E-state index contributed by atoms with van der Waals surface area (Å²) in [4.78, 5) is 24.5. The van der Waals surface area contributed by atoms with Crippen LogP contribution in [0.25, 0.3) is 0 Å². The van der Waals surface area contributed by atoms with E-state index in [1.807, 2.05) is 0 Å². The Morgan fingerprint density at radius 2 is 2.11 bits per heavy atom. The largest absolute Gasteiger partial charge is 0.489 e. The Labute approximate surface area is 164 Å². The molecule has 2 amide bonds. The Kier molecular flexibility index (Phi) is 7.35. The molecule has 3 rings (SSSR count). The van der Waals surface area contributed by atoms with Crippen LogP contribution >= 0.6 is 11.6 Å². The van der Waals surface area contributed by atoms with Crippen molar-refractivity contribution in [2.75, 3.05) is 25.1 Å². The molecule has 1 aromatic carbocycles. The zero-order valence-electron chi connectivity index (χ0n) is 15.5. The van der Waals surface area contributed by atoms with Crippen molar-refractivity contribution in [1.29, 1.82) is 0 Å². The van der Waals surface area contributed by atoms with E-state index in [-0.39, 0.29) is 30.3 Å². The first-order valence-corrected chi connectivity index (χ1v) is 10.1. The molecule has 0 spiro atoms. The van der Waals surface area contributed by atoms with Gasteiger partial charge in [0.05, 0.1) is 11.8 Å². The minimum absolute atomic E-state index is 0.0420. The lowest BCUT2D eigenvalue weighted by Gasteiger charge is -2.23. The topological polar surface area (TPSA) is 76.7 Å². The average Bonchev–Trinajstić information content (AvgIpc) is 2.86. The van der Waals surface area contributed by atoms with E-state index in [2.05, 4.69) is 10.6 Å². The molecule has 0 aliphatic carbocycles. The summed E-state index contributed by atoms with van der Waals surface area (Å²) >= 11 is 6.09. The molecule has 0 aromatic heterocycles. The van der Waals surface area contributed by atoms with Gasteiger partial charge in [0.25, 0.3) is 0 Å². The number of amides is 2. The molecule has 1 aromatic rings. The Balaban J connectivity index is 1.59. The number of nitrogens with one attached hydrogen (secondary N) is 2. The fourth-order valence-corrected chi connectivity index (χ4v) is 3.64. The van der Waals surface area contributed by atoms with Crippen LogP contribution in [0.15, 0.2) is 18.2 Å². The van der Waals surface area contributed by atoms with Gasteiger partial charge in [-0.15, -0.1) is 0 Å². The number of hydrogen-bond donors (Lipinski definition) is 2. The van der Waals surface area contributed by atoms with Crippen molar-refractivity contribution in [3.63, 3.8) is 0 Å². The summed E-state index contributed by atoms with van der Waals surface area (Å²) in [5.41, 5.74) is 0.525. The van der Waals surface area contributed by atoms with Crippen LogP contribution in [0.2, 0.25) is 5.02 Å². The molecule has 2 N–H and O–H groups in total. The first kappa shape index (κ1) is 20.0. The van der Waals surface area contributed by atoms with E-state index in [0.717, 1.165) is 45.1 Å². The van der Waals surface area contributed by atoms with Gasteiger partial charge in [0, 0.05) is 30.5 Å². The maximum absolute atomic E-state index is 12.5. The van der Waals surface area contributed by atoms with Crippen molar-refractivity contribution in [2.24, 2.45) is 5.92 Å². The summed E-state index contributed by atoms with van der Waals surface area (Å²) in [5, 5.41) is 6.23. The number of carbonyl (C=O) groups is 2.